The van der Waals surface area contributed by atoms with Crippen LogP contribution in [0, 0.1) is 11.3 Å². The van der Waals surface area contributed by atoms with Gasteiger partial charge < -0.3 is 15.1 Å². The van der Waals surface area contributed by atoms with Gasteiger partial charge in [0.1, 0.15) is 0 Å². The predicted molar refractivity (Wildman–Crippen MR) is 89.7 cm³/mol. The molecular weight excluding hydrogens is 258 g/mol. The maximum atomic E-state index is 3.53. The molecule has 3 heterocycles. The third-order valence-corrected chi connectivity index (χ3v) is 6.40. The van der Waals surface area contributed by atoms with E-state index in [4.69, 9.17) is 0 Å². The second-order valence-electron chi connectivity index (χ2n) is 7.83. The zero-order chi connectivity index (χ0) is 14.5. The molecule has 0 spiro atoms. The van der Waals surface area contributed by atoms with Gasteiger partial charge in [0.05, 0.1) is 0 Å². The highest BCUT2D eigenvalue weighted by Crippen LogP contribution is 2.34. The average molecular weight is 293 g/mol. The first kappa shape index (κ1) is 15.8. The highest BCUT2D eigenvalue weighted by atomic mass is 15.2. The van der Waals surface area contributed by atoms with Gasteiger partial charge in [-0.3, -0.25) is 0 Å². The van der Waals surface area contributed by atoms with E-state index >= 15 is 0 Å². The van der Waals surface area contributed by atoms with Crippen molar-refractivity contribution < 1.29 is 0 Å². The van der Waals surface area contributed by atoms with E-state index in [0.29, 0.717) is 5.41 Å². The zero-order valence-electron chi connectivity index (χ0n) is 14.1. The molecule has 21 heavy (non-hydrogen) atoms. The molecule has 3 heteroatoms. The summed E-state index contributed by atoms with van der Waals surface area (Å²) in [7, 11) is 0. The predicted octanol–water partition coefficient (Wildman–Crippen LogP) is 2.57. The molecule has 0 aromatic carbocycles. The SMILES string of the molecule is CCC1(CN2CCC(CN3CCCC3)CC2)CCNCC1. The van der Waals surface area contributed by atoms with Gasteiger partial charge in [0.25, 0.3) is 0 Å². The van der Waals surface area contributed by atoms with Gasteiger partial charge in [0.15, 0.2) is 0 Å². The third kappa shape index (κ3) is 4.20. The van der Waals surface area contributed by atoms with Crippen molar-refractivity contribution >= 4 is 0 Å². The summed E-state index contributed by atoms with van der Waals surface area (Å²) in [6.45, 7) is 13.1. The third-order valence-electron chi connectivity index (χ3n) is 6.40. The largest absolute Gasteiger partial charge is 0.317 e. The lowest BCUT2D eigenvalue weighted by Gasteiger charge is -2.43. The first-order valence-corrected chi connectivity index (χ1v) is 9.45. The van der Waals surface area contributed by atoms with Crippen molar-refractivity contribution in [3.8, 4) is 0 Å². The summed E-state index contributed by atoms with van der Waals surface area (Å²) >= 11 is 0. The van der Waals surface area contributed by atoms with Crippen LogP contribution in [0.5, 0.6) is 0 Å². The van der Waals surface area contributed by atoms with E-state index in [2.05, 4.69) is 22.0 Å². The lowest BCUT2D eigenvalue weighted by atomic mass is 9.76. The molecular formula is C18H35N3. The van der Waals surface area contributed by atoms with Gasteiger partial charge in [0, 0.05) is 13.1 Å². The molecule has 3 aliphatic heterocycles. The fourth-order valence-electron chi connectivity index (χ4n) is 4.71. The molecule has 3 fully saturated rings. The zero-order valence-corrected chi connectivity index (χ0v) is 14.1. The summed E-state index contributed by atoms with van der Waals surface area (Å²) in [6.07, 6.45) is 9.89. The average Bonchev–Trinajstić information content (AvgIpc) is 3.03. The van der Waals surface area contributed by atoms with Crippen molar-refractivity contribution in [1.29, 1.82) is 0 Å². The number of rotatable bonds is 5. The van der Waals surface area contributed by atoms with Gasteiger partial charge in [0.2, 0.25) is 0 Å². The molecule has 0 radical (unpaired) electrons. The van der Waals surface area contributed by atoms with Crippen molar-refractivity contribution in [1.82, 2.24) is 15.1 Å². The summed E-state index contributed by atoms with van der Waals surface area (Å²) in [5.41, 5.74) is 0.618. The van der Waals surface area contributed by atoms with Crippen LogP contribution in [0.4, 0.5) is 0 Å². The van der Waals surface area contributed by atoms with Crippen LogP contribution >= 0.6 is 0 Å². The molecule has 3 nitrogen and oxygen atoms in total. The van der Waals surface area contributed by atoms with Gasteiger partial charge in [-0.15, -0.1) is 0 Å². The van der Waals surface area contributed by atoms with E-state index in [1.165, 1.54) is 97.3 Å². The van der Waals surface area contributed by atoms with E-state index in [1.807, 2.05) is 0 Å². The van der Waals surface area contributed by atoms with Gasteiger partial charge >= 0.3 is 0 Å². The van der Waals surface area contributed by atoms with Crippen molar-refractivity contribution in [2.24, 2.45) is 11.3 Å². The molecule has 0 atom stereocenters. The van der Waals surface area contributed by atoms with E-state index in [-0.39, 0.29) is 0 Å². The first-order valence-electron chi connectivity index (χ1n) is 9.45. The molecule has 3 aliphatic rings. The Morgan fingerprint density at radius 1 is 0.952 bits per heavy atom. The maximum absolute atomic E-state index is 3.53. The Morgan fingerprint density at radius 2 is 1.62 bits per heavy atom. The van der Waals surface area contributed by atoms with Gasteiger partial charge in [-0.05, 0) is 95.5 Å². The fourth-order valence-corrected chi connectivity index (χ4v) is 4.71. The van der Waals surface area contributed by atoms with Crippen LogP contribution in [0.25, 0.3) is 0 Å². The van der Waals surface area contributed by atoms with Gasteiger partial charge in [-0.25, -0.2) is 0 Å². The Morgan fingerprint density at radius 3 is 2.24 bits per heavy atom. The highest BCUT2D eigenvalue weighted by Gasteiger charge is 2.33. The lowest BCUT2D eigenvalue weighted by molar-refractivity contribution is 0.0744. The quantitative estimate of drug-likeness (QED) is 0.840. The minimum atomic E-state index is 0.618. The number of likely N-dealkylation sites (tertiary alicyclic amines) is 2. The van der Waals surface area contributed by atoms with Crippen LogP contribution in [-0.2, 0) is 0 Å². The summed E-state index contributed by atoms with van der Waals surface area (Å²) < 4.78 is 0. The standard InChI is InChI=1S/C18H35N3/c1-2-18(7-9-19-10-8-18)16-21-13-5-17(6-14-21)15-20-11-3-4-12-20/h17,19H,2-16H2,1H3. The van der Waals surface area contributed by atoms with Crippen molar-refractivity contribution in [3.05, 3.63) is 0 Å². The summed E-state index contributed by atoms with van der Waals surface area (Å²) in [5.74, 6) is 0.977. The van der Waals surface area contributed by atoms with Crippen LogP contribution in [0.3, 0.4) is 0 Å². The van der Waals surface area contributed by atoms with E-state index in [0.717, 1.165) is 5.92 Å². The van der Waals surface area contributed by atoms with E-state index in [9.17, 15) is 0 Å². The molecule has 0 aromatic heterocycles. The van der Waals surface area contributed by atoms with Crippen LogP contribution in [0.2, 0.25) is 0 Å². The van der Waals surface area contributed by atoms with Crippen LogP contribution in [-0.4, -0.2) is 62.2 Å². The first-order chi connectivity index (χ1) is 10.3. The number of hydrogen-bond acceptors (Lipinski definition) is 3. The monoisotopic (exact) mass is 293 g/mol. The number of piperidine rings is 2. The Balaban J connectivity index is 1.42. The molecule has 0 aromatic rings. The summed E-state index contributed by atoms with van der Waals surface area (Å²) in [4.78, 5) is 5.50. The molecule has 3 saturated heterocycles. The number of hydrogen-bond donors (Lipinski definition) is 1. The van der Waals surface area contributed by atoms with Crippen LogP contribution in [0.15, 0.2) is 0 Å². The molecule has 0 unspecified atom stereocenters. The van der Waals surface area contributed by atoms with Gasteiger partial charge in [-0.2, -0.15) is 0 Å². The highest BCUT2D eigenvalue weighted by molar-refractivity contribution is 4.88. The van der Waals surface area contributed by atoms with Crippen molar-refractivity contribution in [2.45, 2.75) is 51.9 Å². The molecule has 122 valence electrons. The molecule has 0 amide bonds. The van der Waals surface area contributed by atoms with E-state index < -0.39 is 0 Å². The summed E-state index contributed by atoms with van der Waals surface area (Å²) in [5, 5.41) is 3.53. The molecule has 0 bridgehead atoms. The number of nitrogens with one attached hydrogen (secondary N) is 1. The van der Waals surface area contributed by atoms with Crippen LogP contribution < -0.4 is 5.32 Å². The molecule has 3 rings (SSSR count). The minimum Gasteiger partial charge on any atom is -0.317 e. The van der Waals surface area contributed by atoms with Crippen molar-refractivity contribution in [2.75, 3.05) is 52.4 Å². The van der Waals surface area contributed by atoms with Crippen molar-refractivity contribution in [3.63, 3.8) is 0 Å². The Hall–Kier alpha value is -0.120. The molecule has 0 saturated carbocycles. The van der Waals surface area contributed by atoms with E-state index in [1.54, 1.807) is 0 Å². The Bertz CT molecular complexity index is 298. The van der Waals surface area contributed by atoms with Crippen LogP contribution in [0.1, 0.15) is 51.9 Å². The molecule has 0 aliphatic carbocycles. The maximum Gasteiger partial charge on any atom is 0.00388 e. The lowest BCUT2D eigenvalue weighted by Crippen LogP contribution is -2.47. The summed E-state index contributed by atoms with van der Waals surface area (Å²) in [6, 6.07) is 0. The Kier molecular flexibility index (Phi) is 5.58. The Labute approximate surface area is 131 Å². The number of nitrogens with zero attached hydrogens (tertiary/aromatic N) is 2. The fraction of sp³-hybridized carbons (Fsp3) is 1.00. The van der Waals surface area contributed by atoms with Gasteiger partial charge in [-0.1, -0.05) is 6.92 Å². The minimum absolute atomic E-state index is 0.618. The normalized spacial score (nSPS) is 29.0. The second kappa shape index (κ2) is 7.43. The smallest absolute Gasteiger partial charge is 0.00388 e. The topological polar surface area (TPSA) is 18.5 Å². The second-order valence-corrected chi connectivity index (χ2v) is 7.83. The molecule has 1 N–H and O–H groups in total.